The highest BCUT2D eigenvalue weighted by molar-refractivity contribution is 5.82. The number of nitrogens with one attached hydrogen (secondary N) is 1. The van der Waals surface area contributed by atoms with Crippen LogP contribution in [0.4, 0.5) is 0 Å². The van der Waals surface area contributed by atoms with E-state index in [2.05, 4.69) is 17.1 Å². The summed E-state index contributed by atoms with van der Waals surface area (Å²) in [5.74, 6) is 0.645. The highest BCUT2D eigenvalue weighted by Crippen LogP contribution is 2.19. The lowest BCUT2D eigenvalue weighted by molar-refractivity contribution is -0.129. The maximum absolute atomic E-state index is 12.1. The molecule has 128 valence electrons. The van der Waals surface area contributed by atoms with E-state index in [-0.39, 0.29) is 5.91 Å². The predicted octanol–water partition coefficient (Wildman–Crippen LogP) is 1.97. The van der Waals surface area contributed by atoms with Gasteiger partial charge in [-0.15, -0.1) is 0 Å². The molecule has 1 aliphatic heterocycles. The number of methoxy groups -OCH3 is 1. The van der Waals surface area contributed by atoms with Gasteiger partial charge < -0.3 is 20.1 Å². The van der Waals surface area contributed by atoms with Crippen LogP contribution in [0, 0.1) is 5.92 Å². The quantitative estimate of drug-likeness (QED) is 0.806. The summed E-state index contributed by atoms with van der Waals surface area (Å²) in [5, 5.41) is 13.0. The first-order valence-electron chi connectivity index (χ1n) is 8.42. The second-order valence-corrected chi connectivity index (χ2v) is 6.39. The number of benzene rings is 1. The van der Waals surface area contributed by atoms with Gasteiger partial charge in [0, 0.05) is 13.1 Å². The number of hydrogen-bond donors (Lipinski definition) is 2. The lowest BCUT2D eigenvalue weighted by Gasteiger charge is -2.29. The van der Waals surface area contributed by atoms with Crippen molar-refractivity contribution in [1.29, 1.82) is 0 Å². The molecule has 2 atom stereocenters. The van der Waals surface area contributed by atoms with Crippen LogP contribution in [-0.2, 0) is 4.79 Å². The summed E-state index contributed by atoms with van der Waals surface area (Å²) in [6.07, 6.45) is 2.71. The van der Waals surface area contributed by atoms with Gasteiger partial charge in [-0.1, -0.05) is 25.5 Å². The summed E-state index contributed by atoms with van der Waals surface area (Å²) in [6.45, 7) is 6.02. The smallest absolute Gasteiger partial charge is 0.253 e. The summed E-state index contributed by atoms with van der Waals surface area (Å²) in [7, 11) is 1.56. The fourth-order valence-electron chi connectivity index (χ4n) is 2.98. The number of ether oxygens (including phenoxy) is 1. The molecule has 0 aromatic heterocycles. The van der Waals surface area contributed by atoms with Crippen LogP contribution in [0.2, 0.25) is 0 Å². The van der Waals surface area contributed by atoms with Crippen molar-refractivity contribution in [2.24, 2.45) is 5.92 Å². The van der Waals surface area contributed by atoms with Gasteiger partial charge in [-0.05, 0) is 49.5 Å². The van der Waals surface area contributed by atoms with Crippen LogP contribution in [0.1, 0.15) is 37.9 Å². The van der Waals surface area contributed by atoms with Crippen molar-refractivity contribution in [1.82, 2.24) is 10.2 Å². The van der Waals surface area contributed by atoms with E-state index in [0.717, 1.165) is 19.6 Å². The first kappa shape index (κ1) is 17.8. The minimum atomic E-state index is -1.16. The number of carbonyl (C=O) groups excluding carboxylic acids is 1. The molecule has 1 saturated heterocycles. The van der Waals surface area contributed by atoms with Gasteiger partial charge in [0.2, 0.25) is 0 Å². The predicted molar refractivity (Wildman–Crippen MR) is 90.4 cm³/mol. The molecule has 2 rings (SSSR count). The second kappa shape index (κ2) is 8.89. The molecule has 1 aliphatic rings. The van der Waals surface area contributed by atoms with Gasteiger partial charge in [0.05, 0.1) is 7.11 Å². The molecule has 0 saturated carbocycles. The van der Waals surface area contributed by atoms with Gasteiger partial charge in [0.1, 0.15) is 5.75 Å². The number of amides is 1. The number of likely N-dealkylation sites (tertiary alicyclic amines) is 1. The number of piperidine rings is 1. The Morgan fingerprint density at radius 2 is 2.09 bits per heavy atom. The average molecular weight is 320 g/mol. The minimum absolute atomic E-state index is 0.358. The number of hydrogen-bond acceptors (Lipinski definition) is 4. The topological polar surface area (TPSA) is 61.8 Å². The first-order valence-corrected chi connectivity index (χ1v) is 8.42. The van der Waals surface area contributed by atoms with E-state index in [4.69, 9.17) is 4.74 Å². The van der Waals surface area contributed by atoms with Crippen LogP contribution < -0.4 is 10.1 Å². The van der Waals surface area contributed by atoms with E-state index in [9.17, 15) is 9.90 Å². The molecule has 1 amide bonds. The van der Waals surface area contributed by atoms with Crippen molar-refractivity contribution >= 4 is 5.91 Å². The molecule has 0 bridgehead atoms. The van der Waals surface area contributed by atoms with Gasteiger partial charge in [0.15, 0.2) is 6.10 Å². The molecular weight excluding hydrogens is 292 g/mol. The Hall–Kier alpha value is -1.59. The van der Waals surface area contributed by atoms with Crippen LogP contribution in [0.3, 0.4) is 0 Å². The molecule has 1 fully saturated rings. The lowest BCUT2D eigenvalue weighted by Crippen LogP contribution is -2.39. The van der Waals surface area contributed by atoms with Gasteiger partial charge in [-0.25, -0.2) is 0 Å². The van der Waals surface area contributed by atoms with Crippen LogP contribution in [0.15, 0.2) is 24.3 Å². The van der Waals surface area contributed by atoms with Crippen LogP contribution in [0.5, 0.6) is 5.75 Å². The van der Waals surface area contributed by atoms with E-state index >= 15 is 0 Å². The summed E-state index contributed by atoms with van der Waals surface area (Å²) < 4.78 is 5.12. The van der Waals surface area contributed by atoms with Crippen LogP contribution >= 0.6 is 0 Å². The molecule has 0 radical (unpaired) electrons. The summed E-state index contributed by atoms with van der Waals surface area (Å²) in [6, 6.07) is 6.96. The van der Waals surface area contributed by atoms with E-state index in [0.29, 0.717) is 23.8 Å². The second-order valence-electron chi connectivity index (χ2n) is 6.39. The molecule has 5 nitrogen and oxygen atoms in total. The Balaban J connectivity index is 1.78. The molecular formula is C18H28N2O3. The fraction of sp³-hybridized carbons (Fsp3) is 0.611. The van der Waals surface area contributed by atoms with E-state index in [1.54, 1.807) is 31.4 Å². The van der Waals surface area contributed by atoms with Gasteiger partial charge in [-0.3, -0.25) is 4.79 Å². The SMILES string of the molecule is COc1cccc(C(O)C(=O)NCC(C)CN2CCCCC2)c1. The Morgan fingerprint density at radius 1 is 1.35 bits per heavy atom. The first-order chi connectivity index (χ1) is 11.1. The van der Waals surface area contributed by atoms with Crippen molar-refractivity contribution in [3.8, 4) is 5.75 Å². The lowest BCUT2D eigenvalue weighted by atomic mass is 10.1. The maximum Gasteiger partial charge on any atom is 0.253 e. The van der Waals surface area contributed by atoms with E-state index in [1.165, 1.54) is 19.3 Å². The molecule has 1 aromatic rings. The van der Waals surface area contributed by atoms with Crippen LogP contribution in [0.25, 0.3) is 0 Å². The standard InChI is InChI=1S/C18H28N2O3/c1-14(13-20-9-4-3-5-10-20)12-19-18(22)17(21)15-7-6-8-16(11-15)23-2/h6-8,11,14,17,21H,3-5,9-10,12-13H2,1-2H3,(H,19,22). The number of aliphatic hydroxyl groups is 1. The third-order valence-corrected chi connectivity index (χ3v) is 4.30. The third-order valence-electron chi connectivity index (χ3n) is 4.30. The Labute approximate surface area is 138 Å². The summed E-state index contributed by atoms with van der Waals surface area (Å²) in [5.41, 5.74) is 0.547. The zero-order valence-corrected chi connectivity index (χ0v) is 14.1. The average Bonchev–Trinajstić information content (AvgIpc) is 2.60. The zero-order chi connectivity index (χ0) is 16.7. The Bertz CT molecular complexity index is 501. The number of rotatable bonds is 7. The maximum atomic E-state index is 12.1. The number of nitrogens with zero attached hydrogens (tertiary/aromatic N) is 1. The molecule has 23 heavy (non-hydrogen) atoms. The minimum Gasteiger partial charge on any atom is -0.497 e. The fourth-order valence-corrected chi connectivity index (χ4v) is 2.98. The van der Waals surface area contributed by atoms with E-state index in [1.807, 2.05) is 0 Å². The Morgan fingerprint density at radius 3 is 2.78 bits per heavy atom. The highest BCUT2D eigenvalue weighted by Gasteiger charge is 2.19. The zero-order valence-electron chi connectivity index (χ0n) is 14.1. The highest BCUT2D eigenvalue weighted by atomic mass is 16.5. The normalized spacial score (nSPS) is 18.2. The largest absolute Gasteiger partial charge is 0.497 e. The summed E-state index contributed by atoms with van der Waals surface area (Å²) in [4.78, 5) is 14.6. The van der Waals surface area contributed by atoms with Gasteiger partial charge >= 0.3 is 0 Å². The molecule has 2 unspecified atom stereocenters. The van der Waals surface area contributed by atoms with Crippen LogP contribution in [-0.4, -0.2) is 49.2 Å². The van der Waals surface area contributed by atoms with Gasteiger partial charge in [-0.2, -0.15) is 0 Å². The van der Waals surface area contributed by atoms with Crippen molar-refractivity contribution in [3.05, 3.63) is 29.8 Å². The third kappa shape index (κ3) is 5.52. The molecule has 0 aliphatic carbocycles. The van der Waals surface area contributed by atoms with Crippen molar-refractivity contribution in [2.75, 3.05) is 33.3 Å². The van der Waals surface area contributed by atoms with Crippen molar-refractivity contribution in [2.45, 2.75) is 32.3 Å². The molecule has 1 heterocycles. The van der Waals surface area contributed by atoms with Crippen molar-refractivity contribution in [3.63, 3.8) is 0 Å². The van der Waals surface area contributed by atoms with E-state index < -0.39 is 6.10 Å². The molecule has 2 N–H and O–H groups in total. The van der Waals surface area contributed by atoms with Gasteiger partial charge in [0.25, 0.3) is 5.91 Å². The molecule has 5 heteroatoms. The molecule has 0 spiro atoms. The number of carbonyl (C=O) groups is 1. The number of aliphatic hydroxyl groups excluding tert-OH is 1. The van der Waals surface area contributed by atoms with Crippen molar-refractivity contribution < 1.29 is 14.6 Å². The summed E-state index contributed by atoms with van der Waals surface area (Å²) >= 11 is 0. The monoisotopic (exact) mass is 320 g/mol. The Kier molecular flexibility index (Phi) is 6.86. The molecule has 1 aromatic carbocycles.